The summed E-state index contributed by atoms with van der Waals surface area (Å²) < 4.78 is 34.0. The minimum atomic E-state index is -3.35. The summed E-state index contributed by atoms with van der Waals surface area (Å²) >= 11 is 1.65. The number of morpholine rings is 1. The van der Waals surface area contributed by atoms with Gasteiger partial charge in [0.1, 0.15) is 0 Å². The van der Waals surface area contributed by atoms with Crippen LogP contribution in [-0.2, 0) is 14.9 Å². The highest BCUT2D eigenvalue weighted by atomic mass is 32.2. The Morgan fingerprint density at radius 1 is 1.24 bits per heavy atom. The second kappa shape index (κ2) is 9.09. The smallest absolute Gasteiger partial charge is 0.282 e. The number of hydrogen-bond acceptors (Lipinski definition) is 6. The molecule has 29 heavy (non-hydrogen) atoms. The molecule has 2 saturated heterocycles. The highest BCUT2D eigenvalue weighted by molar-refractivity contribution is 7.86. The van der Waals surface area contributed by atoms with Crippen molar-refractivity contribution in [2.24, 2.45) is 5.92 Å². The monoisotopic (exact) mass is 435 g/mol. The van der Waals surface area contributed by atoms with Crippen LogP contribution in [0.3, 0.4) is 0 Å². The first-order valence-corrected chi connectivity index (χ1v) is 12.2. The van der Waals surface area contributed by atoms with Crippen LogP contribution < -0.4 is 5.32 Å². The van der Waals surface area contributed by atoms with Crippen molar-refractivity contribution in [1.82, 2.24) is 13.6 Å². The summed E-state index contributed by atoms with van der Waals surface area (Å²) in [5.41, 5.74) is 2.28. The van der Waals surface area contributed by atoms with Crippen LogP contribution >= 0.6 is 11.3 Å². The Morgan fingerprint density at radius 3 is 2.69 bits per heavy atom. The largest absolute Gasteiger partial charge is 0.379 e. The molecular weight excluding hydrogens is 408 g/mol. The van der Waals surface area contributed by atoms with Gasteiger partial charge in [-0.2, -0.15) is 17.0 Å². The van der Waals surface area contributed by atoms with E-state index >= 15 is 0 Å². The molecule has 0 atom stereocenters. The van der Waals surface area contributed by atoms with E-state index in [0.717, 1.165) is 40.5 Å². The maximum absolute atomic E-state index is 12.8. The van der Waals surface area contributed by atoms with Gasteiger partial charge >= 0.3 is 0 Å². The zero-order valence-electron chi connectivity index (χ0n) is 16.6. The Bertz CT molecular complexity index is 917. The van der Waals surface area contributed by atoms with Gasteiger partial charge in [0.25, 0.3) is 10.2 Å². The number of piperidine rings is 1. The summed E-state index contributed by atoms with van der Waals surface area (Å²) in [6, 6.07) is 9.27. The number of nitrogens with zero attached hydrogens (tertiary/aromatic N) is 3. The first-order valence-electron chi connectivity index (χ1n) is 10.0. The number of aryl methyl sites for hydroxylation is 1. The summed E-state index contributed by atoms with van der Waals surface area (Å²) in [7, 11) is -3.35. The molecule has 1 radical (unpaired) electrons. The van der Waals surface area contributed by atoms with Gasteiger partial charge in [0.05, 0.1) is 18.1 Å². The molecule has 0 spiro atoms. The van der Waals surface area contributed by atoms with Crippen molar-refractivity contribution in [3.05, 3.63) is 36.0 Å². The van der Waals surface area contributed by atoms with Crippen LogP contribution in [-0.4, -0.2) is 67.9 Å². The van der Waals surface area contributed by atoms with Crippen LogP contribution in [0.25, 0.3) is 10.4 Å². The molecule has 2 aliphatic rings. The third-order valence-electron chi connectivity index (χ3n) is 5.47. The zero-order chi connectivity index (χ0) is 20.3. The molecule has 4 rings (SSSR count). The van der Waals surface area contributed by atoms with Crippen LogP contribution in [0, 0.1) is 18.9 Å². The molecule has 0 bridgehead atoms. The quantitative estimate of drug-likeness (QED) is 0.755. The van der Waals surface area contributed by atoms with Gasteiger partial charge in [0, 0.05) is 38.9 Å². The Balaban J connectivity index is 1.27. The number of hydrogen-bond donors (Lipinski definition) is 1. The van der Waals surface area contributed by atoms with Gasteiger partial charge in [-0.15, -0.1) is 0 Å². The van der Waals surface area contributed by atoms with Crippen molar-refractivity contribution >= 4 is 26.7 Å². The van der Waals surface area contributed by atoms with Gasteiger partial charge in [0.2, 0.25) is 0 Å². The number of aromatic nitrogens is 1. The van der Waals surface area contributed by atoms with Crippen LogP contribution in [0.15, 0.2) is 24.4 Å². The summed E-state index contributed by atoms with van der Waals surface area (Å²) in [5.74, 6) is 0.451. The summed E-state index contributed by atoms with van der Waals surface area (Å²) in [6.07, 6.45) is 3.63. The predicted molar refractivity (Wildman–Crippen MR) is 115 cm³/mol. The highest BCUT2D eigenvalue weighted by Crippen LogP contribution is 2.30. The maximum atomic E-state index is 12.8. The molecule has 2 aromatic rings. The minimum Gasteiger partial charge on any atom is -0.379 e. The van der Waals surface area contributed by atoms with Crippen LogP contribution in [0.5, 0.6) is 0 Å². The number of anilines is 1. The Labute approximate surface area is 176 Å². The van der Waals surface area contributed by atoms with Crippen molar-refractivity contribution in [1.29, 1.82) is 0 Å². The number of benzene rings is 1. The van der Waals surface area contributed by atoms with Crippen molar-refractivity contribution in [3.63, 3.8) is 0 Å². The van der Waals surface area contributed by atoms with Gasteiger partial charge in [-0.25, -0.2) is 4.98 Å². The molecule has 0 amide bonds. The molecule has 1 aromatic heterocycles. The Morgan fingerprint density at radius 2 is 1.97 bits per heavy atom. The van der Waals surface area contributed by atoms with Crippen LogP contribution in [0.1, 0.15) is 18.4 Å². The second-order valence-corrected chi connectivity index (χ2v) is 10.5. The third kappa shape index (κ3) is 4.97. The lowest BCUT2D eigenvalue weighted by molar-refractivity contribution is 0.0693. The van der Waals surface area contributed by atoms with Gasteiger partial charge in [-0.3, -0.25) is 0 Å². The fourth-order valence-corrected chi connectivity index (χ4v) is 6.17. The first-order chi connectivity index (χ1) is 14.0. The Kier molecular flexibility index (Phi) is 6.50. The van der Waals surface area contributed by atoms with E-state index in [1.165, 1.54) is 0 Å². The van der Waals surface area contributed by atoms with Gasteiger partial charge in [-0.05, 0) is 48.9 Å². The van der Waals surface area contributed by atoms with Gasteiger partial charge < -0.3 is 10.1 Å². The lowest BCUT2D eigenvalue weighted by atomic mass is 9.98. The zero-order valence-corrected chi connectivity index (χ0v) is 18.3. The molecule has 0 aliphatic carbocycles. The molecule has 0 unspecified atom stereocenters. The molecular formula is C20H27N4O3S2. The minimum absolute atomic E-state index is 0.451. The summed E-state index contributed by atoms with van der Waals surface area (Å²) in [5, 5.41) is 4.35. The number of ether oxygens (including phenoxy) is 1. The van der Waals surface area contributed by atoms with E-state index in [0.29, 0.717) is 45.3 Å². The maximum Gasteiger partial charge on any atom is 0.282 e. The van der Waals surface area contributed by atoms with Crippen LogP contribution in [0.4, 0.5) is 5.13 Å². The fourth-order valence-electron chi connectivity index (χ4n) is 3.74. The number of nitrogens with one attached hydrogen (secondary N) is 1. The molecule has 9 heteroatoms. The molecule has 0 saturated carbocycles. The van der Waals surface area contributed by atoms with Gasteiger partial charge in [0.15, 0.2) is 5.13 Å². The van der Waals surface area contributed by atoms with E-state index in [9.17, 15) is 8.42 Å². The van der Waals surface area contributed by atoms with E-state index in [1.54, 1.807) is 19.9 Å². The van der Waals surface area contributed by atoms with Crippen LogP contribution in [0.2, 0.25) is 0 Å². The molecule has 1 N–H and O–H groups in total. The van der Waals surface area contributed by atoms with E-state index in [-0.39, 0.29) is 0 Å². The summed E-state index contributed by atoms with van der Waals surface area (Å²) in [6.45, 7) is 5.88. The van der Waals surface area contributed by atoms with Crippen molar-refractivity contribution in [2.45, 2.75) is 19.8 Å². The van der Waals surface area contributed by atoms with Crippen molar-refractivity contribution in [3.8, 4) is 10.4 Å². The molecule has 1 aromatic carbocycles. The molecule has 157 valence electrons. The Hall–Kier alpha value is -1.52. The van der Waals surface area contributed by atoms with Crippen molar-refractivity contribution < 1.29 is 13.2 Å². The molecule has 7 nitrogen and oxygen atoms in total. The average molecular weight is 436 g/mol. The number of thiazole rings is 1. The first kappa shape index (κ1) is 20.7. The highest BCUT2D eigenvalue weighted by Gasteiger charge is 2.33. The van der Waals surface area contributed by atoms with E-state index in [1.807, 2.05) is 19.2 Å². The van der Waals surface area contributed by atoms with E-state index in [4.69, 9.17) is 4.74 Å². The predicted octanol–water partition coefficient (Wildman–Crippen LogP) is 2.62. The fraction of sp³-hybridized carbons (Fsp3) is 0.550. The second-order valence-electron chi connectivity index (χ2n) is 7.53. The van der Waals surface area contributed by atoms with E-state index in [2.05, 4.69) is 28.5 Å². The van der Waals surface area contributed by atoms with Gasteiger partial charge in [-0.1, -0.05) is 23.5 Å². The average Bonchev–Trinajstić information content (AvgIpc) is 3.22. The van der Waals surface area contributed by atoms with Crippen molar-refractivity contribution in [2.75, 3.05) is 51.3 Å². The standard InChI is InChI=1S/C20H27N4O3S2/c1-16-3-2-4-18(13-16)19-15-22-20(28-19)21-14-17-5-7-23(8-6-17)29(25,26)24-9-11-27-12-10-24/h2,4,13,15,17H,5-12,14H2,1H3,(H,21,22). The lowest BCUT2D eigenvalue weighted by Crippen LogP contribution is -2.51. The third-order valence-corrected chi connectivity index (χ3v) is 8.51. The normalized spacial score (nSPS) is 20.0. The topological polar surface area (TPSA) is 74.8 Å². The summed E-state index contributed by atoms with van der Waals surface area (Å²) in [4.78, 5) is 5.63. The lowest BCUT2D eigenvalue weighted by Gasteiger charge is -2.36. The molecule has 2 aliphatic heterocycles. The number of rotatable bonds is 6. The molecule has 3 heterocycles. The van der Waals surface area contributed by atoms with E-state index < -0.39 is 10.2 Å². The SMILES string of the molecule is Cc1[c]ccc(-c2cnc(NCC3CCN(S(=O)(=O)N4CCOCC4)CC3)s2)c1. The molecule has 2 fully saturated rings.